The van der Waals surface area contributed by atoms with Gasteiger partial charge in [-0.2, -0.15) is 4.98 Å². The van der Waals surface area contributed by atoms with Gasteiger partial charge in [-0.1, -0.05) is 5.16 Å². The van der Waals surface area contributed by atoms with E-state index in [1.54, 1.807) is 26.4 Å². The third kappa shape index (κ3) is 3.28. The predicted octanol–water partition coefficient (Wildman–Crippen LogP) is 1.38. The van der Waals surface area contributed by atoms with Gasteiger partial charge in [0.15, 0.2) is 5.82 Å². The first kappa shape index (κ1) is 16.5. The van der Waals surface area contributed by atoms with Crippen LogP contribution in [-0.2, 0) is 10.2 Å². The topological polar surface area (TPSA) is 94.2 Å². The second kappa shape index (κ2) is 7.04. The summed E-state index contributed by atoms with van der Waals surface area (Å²) < 4.78 is 10.4. The molecule has 1 aliphatic rings. The average molecular weight is 331 g/mol. The summed E-state index contributed by atoms with van der Waals surface area (Å²) >= 11 is 0. The maximum Gasteiger partial charge on any atom is 0.256 e. The van der Waals surface area contributed by atoms with E-state index in [-0.39, 0.29) is 11.3 Å². The molecular formula is C16H21N5O3. The molecule has 1 amide bonds. The number of aromatic nitrogens is 4. The molecular weight excluding hydrogens is 310 g/mol. The zero-order valence-electron chi connectivity index (χ0n) is 13.9. The van der Waals surface area contributed by atoms with Crippen molar-refractivity contribution in [2.45, 2.75) is 31.6 Å². The summed E-state index contributed by atoms with van der Waals surface area (Å²) in [5.74, 6) is 1.23. The first-order valence-corrected chi connectivity index (χ1v) is 7.99. The van der Waals surface area contributed by atoms with E-state index in [0.717, 1.165) is 19.3 Å². The van der Waals surface area contributed by atoms with Crippen LogP contribution in [0.15, 0.2) is 23.2 Å². The zero-order valence-corrected chi connectivity index (χ0v) is 13.9. The number of carbonyl (C=O) groups is 1. The van der Waals surface area contributed by atoms with Gasteiger partial charge < -0.3 is 14.2 Å². The first-order chi connectivity index (χ1) is 11.6. The molecule has 3 rings (SSSR count). The van der Waals surface area contributed by atoms with Crippen LogP contribution in [0, 0.1) is 6.92 Å². The van der Waals surface area contributed by atoms with E-state index in [0.29, 0.717) is 37.0 Å². The minimum absolute atomic E-state index is 0.0414. The standard InChI is InChI=1S/C16H21N5O3/c1-12-19-15(20-24-12)16(5-8-23-2)3-6-21(7-4-16)14(22)13-9-17-11-18-10-13/h9-11H,3-8H2,1-2H3. The number of aryl methyl sites for hydroxylation is 1. The number of likely N-dealkylation sites (tertiary alicyclic amines) is 1. The van der Waals surface area contributed by atoms with Crippen molar-refractivity contribution in [3.8, 4) is 0 Å². The van der Waals surface area contributed by atoms with Gasteiger partial charge in [-0.15, -0.1) is 0 Å². The number of amides is 1. The fourth-order valence-electron chi connectivity index (χ4n) is 3.13. The quantitative estimate of drug-likeness (QED) is 0.817. The molecule has 8 heteroatoms. The van der Waals surface area contributed by atoms with Gasteiger partial charge in [0.25, 0.3) is 5.91 Å². The fraction of sp³-hybridized carbons (Fsp3) is 0.562. The molecule has 2 aromatic rings. The number of ether oxygens (including phenoxy) is 1. The molecule has 0 atom stereocenters. The van der Waals surface area contributed by atoms with Gasteiger partial charge in [0, 0.05) is 51.5 Å². The van der Waals surface area contributed by atoms with Crippen LogP contribution in [0.3, 0.4) is 0 Å². The summed E-state index contributed by atoms with van der Waals surface area (Å²) in [6.45, 7) is 3.67. The first-order valence-electron chi connectivity index (χ1n) is 7.99. The zero-order chi connectivity index (χ0) is 17.0. The van der Waals surface area contributed by atoms with Crippen LogP contribution in [0.5, 0.6) is 0 Å². The normalized spacial score (nSPS) is 17.0. The van der Waals surface area contributed by atoms with Crippen LogP contribution in [0.25, 0.3) is 0 Å². The van der Waals surface area contributed by atoms with E-state index < -0.39 is 0 Å². The van der Waals surface area contributed by atoms with E-state index in [4.69, 9.17) is 9.26 Å². The Bertz CT molecular complexity index is 680. The molecule has 0 saturated carbocycles. The molecule has 1 saturated heterocycles. The SMILES string of the molecule is COCCC1(c2noc(C)n2)CCN(C(=O)c2cncnc2)CC1. The van der Waals surface area contributed by atoms with Gasteiger partial charge in [-0.05, 0) is 19.3 Å². The third-order valence-electron chi connectivity index (χ3n) is 4.60. The van der Waals surface area contributed by atoms with Gasteiger partial charge in [0.05, 0.1) is 5.56 Å². The van der Waals surface area contributed by atoms with Gasteiger partial charge >= 0.3 is 0 Å². The predicted molar refractivity (Wildman–Crippen MR) is 84.4 cm³/mol. The minimum Gasteiger partial charge on any atom is -0.385 e. The molecule has 8 nitrogen and oxygen atoms in total. The number of piperidine rings is 1. The lowest BCUT2D eigenvalue weighted by Gasteiger charge is -2.39. The van der Waals surface area contributed by atoms with Crippen molar-refractivity contribution < 1.29 is 14.1 Å². The highest BCUT2D eigenvalue weighted by atomic mass is 16.5. The molecule has 0 unspecified atom stereocenters. The molecule has 0 spiro atoms. The molecule has 128 valence electrons. The summed E-state index contributed by atoms with van der Waals surface area (Å²) in [7, 11) is 1.68. The van der Waals surface area contributed by atoms with E-state index in [9.17, 15) is 4.79 Å². The maximum atomic E-state index is 12.5. The van der Waals surface area contributed by atoms with E-state index in [1.165, 1.54) is 6.33 Å². The molecule has 24 heavy (non-hydrogen) atoms. The second-order valence-electron chi connectivity index (χ2n) is 6.08. The Morgan fingerprint density at radius 1 is 1.33 bits per heavy atom. The monoisotopic (exact) mass is 331 g/mol. The summed E-state index contributed by atoms with van der Waals surface area (Å²) in [6, 6.07) is 0. The highest BCUT2D eigenvalue weighted by Crippen LogP contribution is 2.37. The Kier molecular flexibility index (Phi) is 4.84. The van der Waals surface area contributed by atoms with Crippen LogP contribution in [0.2, 0.25) is 0 Å². The molecule has 2 aromatic heterocycles. The van der Waals surface area contributed by atoms with Crippen LogP contribution in [0.1, 0.15) is 41.3 Å². The van der Waals surface area contributed by atoms with Crippen molar-refractivity contribution in [2.75, 3.05) is 26.8 Å². The largest absolute Gasteiger partial charge is 0.385 e. The van der Waals surface area contributed by atoms with Crippen molar-refractivity contribution in [1.82, 2.24) is 25.0 Å². The van der Waals surface area contributed by atoms with Crippen molar-refractivity contribution in [1.29, 1.82) is 0 Å². The number of hydrogen-bond acceptors (Lipinski definition) is 7. The Morgan fingerprint density at radius 2 is 2.04 bits per heavy atom. The van der Waals surface area contributed by atoms with Crippen LogP contribution in [-0.4, -0.2) is 57.7 Å². The lowest BCUT2D eigenvalue weighted by atomic mass is 9.75. The summed E-state index contributed by atoms with van der Waals surface area (Å²) in [6.07, 6.45) is 6.86. The lowest BCUT2D eigenvalue weighted by molar-refractivity contribution is 0.0615. The summed E-state index contributed by atoms with van der Waals surface area (Å²) in [4.78, 5) is 26.6. The molecule has 0 aliphatic carbocycles. The maximum absolute atomic E-state index is 12.5. The number of nitrogens with zero attached hydrogens (tertiary/aromatic N) is 5. The molecule has 0 radical (unpaired) electrons. The second-order valence-corrected chi connectivity index (χ2v) is 6.08. The molecule has 0 bridgehead atoms. The highest BCUT2D eigenvalue weighted by molar-refractivity contribution is 5.93. The number of carbonyl (C=O) groups excluding carboxylic acids is 1. The molecule has 1 fully saturated rings. The number of rotatable bonds is 5. The molecule has 1 aliphatic heterocycles. The average Bonchev–Trinajstić information content (AvgIpc) is 3.07. The number of methoxy groups -OCH3 is 1. The van der Waals surface area contributed by atoms with Crippen LogP contribution >= 0.6 is 0 Å². The Balaban J connectivity index is 1.73. The van der Waals surface area contributed by atoms with E-state index >= 15 is 0 Å². The van der Waals surface area contributed by atoms with Crippen LogP contribution in [0.4, 0.5) is 0 Å². The summed E-state index contributed by atoms with van der Waals surface area (Å²) in [5, 5.41) is 4.13. The van der Waals surface area contributed by atoms with Crippen molar-refractivity contribution in [3.05, 3.63) is 36.0 Å². The smallest absolute Gasteiger partial charge is 0.256 e. The lowest BCUT2D eigenvalue weighted by Crippen LogP contribution is -2.46. The van der Waals surface area contributed by atoms with Crippen molar-refractivity contribution >= 4 is 5.91 Å². The molecule has 0 aromatic carbocycles. The van der Waals surface area contributed by atoms with E-state index in [1.807, 2.05) is 4.90 Å². The van der Waals surface area contributed by atoms with Gasteiger partial charge in [-0.3, -0.25) is 4.79 Å². The van der Waals surface area contributed by atoms with Crippen molar-refractivity contribution in [3.63, 3.8) is 0 Å². The van der Waals surface area contributed by atoms with Gasteiger partial charge in [0.2, 0.25) is 5.89 Å². The van der Waals surface area contributed by atoms with Crippen molar-refractivity contribution in [2.24, 2.45) is 0 Å². The summed E-state index contributed by atoms with van der Waals surface area (Å²) in [5.41, 5.74) is 0.301. The third-order valence-corrected chi connectivity index (χ3v) is 4.60. The van der Waals surface area contributed by atoms with Crippen LogP contribution < -0.4 is 0 Å². The van der Waals surface area contributed by atoms with Gasteiger partial charge in [0.1, 0.15) is 6.33 Å². The minimum atomic E-state index is -0.211. The fourth-order valence-corrected chi connectivity index (χ4v) is 3.13. The van der Waals surface area contributed by atoms with Gasteiger partial charge in [-0.25, -0.2) is 9.97 Å². The Morgan fingerprint density at radius 3 is 2.62 bits per heavy atom. The Hall–Kier alpha value is -2.35. The Labute approximate surface area is 140 Å². The highest BCUT2D eigenvalue weighted by Gasteiger charge is 2.41. The van der Waals surface area contributed by atoms with E-state index in [2.05, 4.69) is 20.1 Å². The molecule has 0 N–H and O–H groups in total. The molecule has 3 heterocycles. The number of hydrogen-bond donors (Lipinski definition) is 0.